The molecule has 0 aliphatic heterocycles. The summed E-state index contributed by atoms with van der Waals surface area (Å²) >= 11 is 0.846. The molecule has 0 bridgehead atoms. The molecule has 0 saturated carbocycles. The molecule has 2 N–H and O–H groups in total. The minimum atomic E-state index is -5.31. The molecular weight excluding hydrogens is 485 g/mol. The molecule has 0 aliphatic carbocycles. The third-order valence-corrected chi connectivity index (χ3v) is 6.31. The van der Waals surface area contributed by atoms with E-state index in [9.17, 15) is 27.6 Å². The molecule has 35 heavy (non-hydrogen) atoms. The van der Waals surface area contributed by atoms with E-state index in [1.807, 2.05) is 5.32 Å². The van der Waals surface area contributed by atoms with Crippen LogP contribution in [0, 0.1) is 6.92 Å². The van der Waals surface area contributed by atoms with Crippen LogP contribution in [0.15, 0.2) is 30.3 Å². The second kappa shape index (κ2) is 12.1. The highest BCUT2D eigenvalue weighted by Crippen LogP contribution is 2.43. The monoisotopic (exact) mass is 514 g/mol. The molecule has 11 heteroatoms. The average molecular weight is 515 g/mol. The topological polar surface area (TPSA) is 93.7 Å². The summed E-state index contributed by atoms with van der Waals surface area (Å²) in [6.45, 7) is 5.91. The number of amides is 1. The van der Waals surface area contributed by atoms with Crippen molar-refractivity contribution in [1.82, 2.24) is 5.32 Å². The third-order valence-electron chi connectivity index (χ3n) is 5.05. The van der Waals surface area contributed by atoms with Crippen LogP contribution >= 0.6 is 11.3 Å². The fraction of sp³-hybridized carbons (Fsp3) is 0.458. The van der Waals surface area contributed by atoms with Crippen LogP contribution in [0.2, 0.25) is 0 Å². The van der Waals surface area contributed by atoms with E-state index in [0.717, 1.165) is 11.3 Å². The first-order valence-electron chi connectivity index (χ1n) is 11.2. The van der Waals surface area contributed by atoms with Crippen molar-refractivity contribution in [3.05, 3.63) is 41.5 Å². The number of carbonyl (C=O) groups excluding carboxylic acids is 3. The van der Waals surface area contributed by atoms with Gasteiger partial charge in [-0.2, -0.15) is 13.2 Å². The van der Waals surface area contributed by atoms with Crippen molar-refractivity contribution < 1.29 is 37.0 Å². The number of esters is 2. The Kier molecular flexibility index (Phi) is 9.70. The van der Waals surface area contributed by atoms with Gasteiger partial charge >= 0.3 is 23.8 Å². The van der Waals surface area contributed by atoms with Crippen LogP contribution in [0.25, 0.3) is 10.4 Å². The molecule has 0 fully saturated rings. The predicted octanol–water partition coefficient (Wildman–Crippen LogP) is 5.44. The number of benzene rings is 1. The Balaban J connectivity index is 2.71. The smallest absolute Gasteiger partial charge is 0.441 e. The van der Waals surface area contributed by atoms with Gasteiger partial charge in [-0.05, 0) is 38.3 Å². The van der Waals surface area contributed by atoms with Gasteiger partial charge in [0.1, 0.15) is 5.00 Å². The number of thiophene rings is 1. The minimum absolute atomic E-state index is 0.00965. The Labute approximate surface area is 206 Å². The number of alkyl halides is 3. The number of carbonyl (C=O) groups is 3. The summed E-state index contributed by atoms with van der Waals surface area (Å²) in [6, 6.07) is 8.76. The summed E-state index contributed by atoms with van der Waals surface area (Å²) in [5.74, 6) is -3.58. The zero-order valence-corrected chi connectivity index (χ0v) is 20.8. The Bertz CT molecular complexity index is 1040. The van der Waals surface area contributed by atoms with Gasteiger partial charge in [0.05, 0.1) is 18.8 Å². The molecule has 2 rings (SSSR count). The second-order valence-corrected chi connectivity index (χ2v) is 8.61. The normalized spacial score (nSPS) is 13.0. The van der Waals surface area contributed by atoms with Crippen LogP contribution in [0.1, 0.15) is 56.0 Å². The molecule has 1 atom stereocenters. The fourth-order valence-corrected chi connectivity index (χ4v) is 4.58. The van der Waals surface area contributed by atoms with E-state index < -0.39 is 29.7 Å². The van der Waals surface area contributed by atoms with E-state index in [-0.39, 0.29) is 30.2 Å². The third kappa shape index (κ3) is 6.33. The molecule has 0 aliphatic rings. The molecule has 192 valence electrons. The average Bonchev–Trinajstić information content (AvgIpc) is 3.12. The van der Waals surface area contributed by atoms with E-state index in [0.29, 0.717) is 28.8 Å². The van der Waals surface area contributed by atoms with Crippen molar-refractivity contribution in [2.24, 2.45) is 0 Å². The first-order valence-corrected chi connectivity index (χ1v) is 12.0. The van der Waals surface area contributed by atoms with Gasteiger partial charge in [0.2, 0.25) is 5.91 Å². The molecule has 2 aromatic rings. The van der Waals surface area contributed by atoms with Crippen molar-refractivity contribution in [3.8, 4) is 10.4 Å². The lowest BCUT2D eigenvalue weighted by atomic mass is 10.1. The van der Waals surface area contributed by atoms with Crippen molar-refractivity contribution in [2.75, 3.05) is 18.5 Å². The molecule has 1 unspecified atom stereocenters. The van der Waals surface area contributed by atoms with Crippen LogP contribution in [0.3, 0.4) is 0 Å². The molecule has 1 aromatic carbocycles. The van der Waals surface area contributed by atoms with Gasteiger partial charge < -0.3 is 20.1 Å². The molecular formula is C24H29F3N2O5S. The molecule has 1 heterocycles. The zero-order valence-electron chi connectivity index (χ0n) is 20.0. The second-order valence-electron chi connectivity index (χ2n) is 7.59. The quantitative estimate of drug-likeness (QED) is 0.306. The maximum atomic E-state index is 14.5. The van der Waals surface area contributed by atoms with Crippen LogP contribution < -0.4 is 10.6 Å². The van der Waals surface area contributed by atoms with Crippen LogP contribution in [0.4, 0.5) is 18.2 Å². The van der Waals surface area contributed by atoms with Gasteiger partial charge in [-0.1, -0.05) is 43.7 Å². The number of ether oxygens (including phenoxy) is 2. The van der Waals surface area contributed by atoms with E-state index >= 15 is 0 Å². The highest BCUT2D eigenvalue weighted by Gasteiger charge is 2.64. The predicted molar refractivity (Wildman–Crippen MR) is 127 cm³/mol. The summed E-state index contributed by atoms with van der Waals surface area (Å²) in [7, 11) is 0. The highest BCUT2D eigenvalue weighted by atomic mass is 32.1. The Hall–Kier alpha value is -3.08. The number of anilines is 1. The van der Waals surface area contributed by atoms with Crippen LogP contribution in [-0.2, 0) is 19.1 Å². The first-order chi connectivity index (χ1) is 16.5. The van der Waals surface area contributed by atoms with Crippen molar-refractivity contribution in [2.45, 2.75) is 58.8 Å². The minimum Gasteiger partial charge on any atom is -0.463 e. The van der Waals surface area contributed by atoms with Crippen molar-refractivity contribution in [1.29, 1.82) is 0 Å². The lowest BCUT2D eigenvalue weighted by Crippen LogP contribution is -2.69. The molecule has 7 nitrogen and oxygen atoms in total. The first kappa shape index (κ1) is 28.2. The van der Waals surface area contributed by atoms with Gasteiger partial charge in [0.15, 0.2) is 0 Å². The number of hydrogen-bond acceptors (Lipinski definition) is 7. The number of unbranched alkanes of at least 4 members (excludes halogenated alkanes) is 1. The lowest BCUT2D eigenvalue weighted by molar-refractivity contribution is -0.207. The maximum absolute atomic E-state index is 14.5. The van der Waals surface area contributed by atoms with Crippen molar-refractivity contribution >= 4 is 34.2 Å². The maximum Gasteiger partial charge on any atom is 0.441 e. The van der Waals surface area contributed by atoms with Crippen LogP contribution in [-0.4, -0.2) is 42.9 Å². The van der Waals surface area contributed by atoms with Gasteiger partial charge in [0, 0.05) is 11.3 Å². The molecule has 0 radical (unpaired) electrons. The van der Waals surface area contributed by atoms with Crippen LogP contribution in [0.5, 0.6) is 0 Å². The lowest BCUT2D eigenvalue weighted by Gasteiger charge is -2.35. The largest absolute Gasteiger partial charge is 0.463 e. The SMILES string of the molecule is CCCCC(=O)NC(Nc1sc(-c2ccccc2)c(C)c1C(=O)OCC)(C(=O)OCC)C(F)(F)F. The summed E-state index contributed by atoms with van der Waals surface area (Å²) in [4.78, 5) is 38.5. The van der Waals surface area contributed by atoms with Gasteiger partial charge in [0.25, 0.3) is 0 Å². The summed E-state index contributed by atoms with van der Waals surface area (Å²) in [5.41, 5.74) is -2.73. The van der Waals surface area contributed by atoms with E-state index in [1.54, 1.807) is 51.1 Å². The van der Waals surface area contributed by atoms with E-state index in [2.05, 4.69) is 5.32 Å². The molecule has 1 amide bonds. The number of nitrogens with one attached hydrogen (secondary N) is 2. The summed E-state index contributed by atoms with van der Waals surface area (Å²) in [5, 5.41) is 3.68. The molecule has 1 aromatic heterocycles. The summed E-state index contributed by atoms with van der Waals surface area (Å²) < 4.78 is 53.4. The number of halogens is 3. The Morgan fingerprint density at radius 1 is 1.00 bits per heavy atom. The Morgan fingerprint density at radius 2 is 1.63 bits per heavy atom. The molecule has 0 saturated heterocycles. The highest BCUT2D eigenvalue weighted by molar-refractivity contribution is 7.20. The molecule has 0 spiro atoms. The summed E-state index contributed by atoms with van der Waals surface area (Å²) in [6.07, 6.45) is -4.64. The van der Waals surface area contributed by atoms with E-state index in [4.69, 9.17) is 9.47 Å². The number of rotatable bonds is 11. The van der Waals surface area contributed by atoms with E-state index in [1.165, 1.54) is 6.92 Å². The van der Waals surface area contributed by atoms with Crippen molar-refractivity contribution in [3.63, 3.8) is 0 Å². The van der Waals surface area contributed by atoms with Gasteiger partial charge in [-0.25, -0.2) is 9.59 Å². The van der Waals surface area contributed by atoms with Gasteiger partial charge in [-0.3, -0.25) is 4.79 Å². The number of hydrogen-bond donors (Lipinski definition) is 2. The standard InChI is InChI=1S/C24H29F3N2O5S/c1-5-8-14-17(30)28-23(24(25,26)27,22(32)34-7-3)29-20-18(21(31)33-6-2)15(4)19(35-20)16-12-10-9-11-13-16/h9-13,29H,5-8,14H2,1-4H3,(H,28,30). The van der Waals surface area contributed by atoms with Gasteiger partial charge in [-0.15, -0.1) is 11.3 Å². The fourth-order valence-electron chi connectivity index (χ4n) is 3.32. The zero-order chi connectivity index (χ0) is 26.2. The Morgan fingerprint density at radius 3 is 2.17 bits per heavy atom.